The van der Waals surface area contributed by atoms with E-state index in [0.717, 1.165) is 17.8 Å². The minimum atomic E-state index is -0.361. The van der Waals surface area contributed by atoms with Crippen LogP contribution in [0.2, 0.25) is 0 Å². The van der Waals surface area contributed by atoms with Gasteiger partial charge in [-0.2, -0.15) is 4.80 Å². The van der Waals surface area contributed by atoms with Gasteiger partial charge in [-0.25, -0.2) is 0 Å². The summed E-state index contributed by atoms with van der Waals surface area (Å²) in [5, 5.41) is 11.5. The van der Waals surface area contributed by atoms with Crippen LogP contribution in [0.4, 0.5) is 0 Å². The van der Waals surface area contributed by atoms with Crippen LogP contribution in [-0.2, 0) is 13.5 Å². The van der Waals surface area contributed by atoms with Gasteiger partial charge in [-0.05, 0) is 29.3 Å². The smallest absolute Gasteiger partial charge is 0.248 e. The largest absolute Gasteiger partial charge is 0.366 e. The molecule has 1 aromatic carbocycles. The standard InChI is InChI=1S/C9H11NO.C5H10N4/c1-2-7-4-3-5-8(6-7)9(10)11;1-4(2)5-6-8-9(3)7-5/h3-6H,2H2,1H3,(H2,10,11);4H,1-3H3. The van der Waals surface area contributed by atoms with Crippen molar-refractivity contribution in [2.45, 2.75) is 33.1 Å². The fraction of sp³-hybridized carbons (Fsp3) is 0.429. The first-order valence-electron chi connectivity index (χ1n) is 6.56. The first kappa shape index (κ1) is 15.8. The van der Waals surface area contributed by atoms with E-state index in [1.807, 2.05) is 39.0 Å². The van der Waals surface area contributed by atoms with Crippen LogP contribution in [0.1, 0.15) is 48.4 Å². The van der Waals surface area contributed by atoms with Crippen LogP contribution in [0.3, 0.4) is 0 Å². The molecule has 0 spiro atoms. The van der Waals surface area contributed by atoms with Crippen LogP contribution in [0, 0.1) is 0 Å². The second kappa shape index (κ2) is 7.37. The number of benzene rings is 1. The number of tetrazole rings is 1. The predicted molar refractivity (Wildman–Crippen MR) is 77.2 cm³/mol. The topological polar surface area (TPSA) is 86.7 Å². The second-order valence-electron chi connectivity index (χ2n) is 4.71. The molecule has 1 amide bonds. The summed E-state index contributed by atoms with van der Waals surface area (Å²) >= 11 is 0. The molecule has 2 aromatic rings. The number of aryl methyl sites for hydroxylation is 2. The Morgan fingerprint density at radius 3 is 2.50 bits per heavy atom. The minimum Gasteiger partial charge on any atom is -0.366 e. The summed E-state index contributed by atoms with van der Waals surface area (Å²) in [6.45, 7) is 6.12. The number of amides is 1. The molecule has 6 nitrogen and oxygen atoms in total. The maximum Gasteiger partial charge on any atom is 0.248 e. The first-order chi connectivity index (χ1) is 9.43. The van der Waals surface area contributed by atoms with Gasteiger partial charge in [-0.15, -0.1) is 10.2 Å². The van der Waals surface area contributed by atoms with E-state index in [1.54, 1.807) is 13.1 Å². The highest BCUT2D eigenvalue weighted by atomic mass is 16.1. The number of hydrogen-bond acceptors (Lipinski definition) is 4. The van der Waals surface area contributed by atoms with Gasteiger partial charge in [0.05, 0.1) is 7.05 Å². The molecule has 0 aliphatic carbocycles. The van der Waals surface area contributed by atoms with E-state index in [2.05, 4.69) is 15.4 Å². The van der Waals surface area contributed by atoms with Gasteiger partial charge in [0.1, 0.15) is 0 Å². The molecule has 0 unspecified atom stereocenters. The number of carbonyl (C=O) groups excluding carboxylic acids is 1. The first-order valence-corrected chi connectivity index (χ1v) is 6.56. The molecule has 20 heavy (non-hydrogen) atoms. The third-order valence-electron chi connectivity index (χ3n) is 2.66. The molecule has 0 aliphatic rings. The summed E-state index contributed by atoms with van der Waals surface area (Å²) < 4.78 is 0. The van der Waals surface area contributed by atoms with Crippen LogP contribution in [0.5, 0.6) is 0 Å². The highest BCUT2D eigenvalue weighted by molar-refractivity contribution is 5.92. The zero-order valence-corrected chi connectivity index (χ0v) is 12.4. The molecule has 2 N–H and O–H groups in total. The van der Waals surface area contributed by atoms with Gasteiger partial charge in [0.15, 0.2) is 5.82 Å². The molecule has 0 bridgehead atoms. The Morgan fingerprint density at radius 1 is 1.40 bits per heavy atom. The summed E-state index contributed by atoms with van der Waals surface area (Å²) in [5.74, 6) is 0.816. The molecule has 0 atom stereocenters. The van der Waals surface area contributed by atoms with Crippen molar-refractivity contribution in [3.05, 3.63) is 41.2 Å². The van der Waals surface area contributed by atoms with E-state index in [9.17, 15) is 4.79 Å². The molecule has 1 heterocycles. The zero-order valence-electron chi connectivity index (χ0n) is 12.4. The lowest BCUT2D eigenvalue weighted by Gasteiger charge is -1.97. The third kappa shape index (κ3) is 4.79. The Kier molecular flexibility index (Phi) is 5.83. The lowest BCUT2D eigenvalue weighted by atomic mass is 10.1. The highest BCUT2D eigenvalue weighted by Crippen LogP contribution is 2.05. The van der Waals surface area contributed by atoms with Crippen LogP contribution in [0.25, 0.3) is 0 Å². The van der Waals surface area contributed by atoms with Crippen molar-refractivity contribution in [2.75, 3.05) is 0 Å². The summed E-state index contributed by atoms with van der Waals surface area (Å²) in [6, 6.07) is 7.37. The average Bonchev–Trinajstić information content (AvgIpc) is 2.86. The number of rotatable bonds is 3. The van der Waals surface area contributed by atoms with Crippen molar-refractivity contribution in [3.8, 4) is 0 Å². The molecular formula is C14H21N5O. The van der Waals surface area contributed by atoms with Gasteiger partial charge in [-0.3, -0.25) is 4.79 Å². The fourth-order valence-corrected chi connectivity index (χ4v) is 1.47. The molecule has 1 aromatic heterocycles. The molecule has 0 fully saturated rings. The highest BCUT2D eigenvalue weighted by Gasteiger charge is 2.03. The van der Waals surface area contributed by atoms with Crippen molar-refractivity contribution >= 4 is 5.91 Å². The van der Waals surface area contributed by atoms with E-state index in [-0.39, 0.29) is 5.91 Å². The van der Waals surface area contributed by atoms with Crippen LogP contribution >= 0.6 is 0 Å². The zero-order chi connectivity index (χ0) is 15.1. The number of nitrogens with two attached hydrogens (primary N) is 1. The maximum absolute atomic E-state index is 10.7. The van der Waals surface area contributed by atoms with Gasteiger partial charge >= 0.3 is 0 Å². The van der Waals surface area contributed by atoms with Crippen LogP contribution in [0.15, 0.2) is 24.3 Å². The summed E-state index contributed by atoms with van der Waals surface area (Å²) in [6.07, 6.45) is 0.932. The lowest BCUT2D eigenvalue weighted by molar-refractivity contribution is 0.1000. The normalized spacial score (nSPS) is 10.1. The maximum atomic E-state index is 10.7. The van der Waals surface area contributed by atoms with Crippen LogP contribution < -0.4 is 5.73 Å². The number of primary amides is 1. The van der Waals surface area contributed by atoms with Gasteiger partial charge in [0.25, 0.3) is 0 Å². The molecular weight excluding hydrogens is 254 g/mol. The molecule has 0 radical (unpaired) electrons. The fourth-order valence-electron chi connectivity index (χ4n) is 1.47. The molecule has 108 valence electrons. The number of hydrogen-bond donors (Lipinski definition) is 1. The number of aromatic nitrogens is 4. The Bertz CT molecular complexity index is 562. The Balaban J connectivity index is 0.000000204. The van der Waals surface area contributed by atoms with E-state index < -0.39 is 0 Å². The molecule has 2 rings (SSSR count). The Hall–Kier alpha value is -2.24. The summed E-state index contributed by atoms with van der Waals surface area (Å²) in [7, 11) is 1.76. The Labute approximate surface area is 119 Å². The number of nitrogens with zero attached hydrogens (tertiary/aromatic N) is 4. The minimum absolute atomic E-state index is 0.361. The lowest BCUT2D eigenvalue weighted by Crippen LogP contribution is -2.10. The molecule has 6 heteroatoms. The van der Waals surface area contributed by atoms with Gasteiger partial charge < -0.3 is 5.73 Å². The quantitative estimate of drug-likeness (QED) is 0.923. The Morgan fingerprint density at radius 2 is 2.10 bits per heavy atom. The van der Waals surface area contributed by atoms with Crippen molar-refractivity contribution in [1.82, 2.24) is 20.2 Å². The van der Waals surface area contributed by atoms with E-state index >= 15 is 0 Å². The van der Waals surface area contributed by atoms with Crippen molar-refractivity contribution in [2.24, 2.45) is 12.8 Å². The molecule has 0 saturated heterocycles. The van der Waals surface area contributed by atoms with Gasteiger partial charge in [0.2, 0.25) is 5.91 Å². The monoisotopic (exact) mass is 275 g/mol. The van der Waals surface area contributed by atoms with Crippen LogP contribution in [-0.4, -0.2) is 26.1 Å². The van der Waals surface area contributed by atoms with Crippen molar-refractivity contribution < 1.29 is 4.79 Å². The van der Waals surface area contributed by atoms with Gasteiger partial charge in [-0.1, -0.05) is 32.9 Å². The molecule has 0 aliphatic heterocycles. The van der Waals surface area contributed by atoms with Crippen molar-refractivity contribution in [3.63, 3.8) is 0 Å². The average molecular weight is 275 g/mol. The van der Waals surface area contributed by atoms with Gasteiger partial charge in [0, 0.05) is 11.5 Å². The third-order valence-corrected chi connectivity index (χ3v) is 2.66. The second-order valence-corrected chi connectivity index (χ2v) is 4.71. The summed E-state index contributed by atoms with van der Waals surface area (Å²) in [5.41, 5.74) is 6.83. The SMILES string of the molecule is CC(C)c1nnn(C)n1.CCc1cccc(C(N)=O)c1. The van der Waals surface area contributed by atoms with E-state index in [4.69, 9.17) is 5.73 Å². The van der Waals surface area contributed by atoms with Crippen molar-refractivity contribution in [1.29, 1.82) is 0 Å². The predicted octanol–water partition coefficient (Wildman–Crippen LogP) is 1.68. The van der Waals surface area contributed by atoms with E-state index in [0.29, 0.717) is 11.5 Å². The summed E-state index contributed by atoms with van der Waals surface area (Å²) in [4.78, 5) is 12.2. The van der Waals surface area contributed by atoms with E-state index in [1.165, 1.54) is 4.80 Å². The number of carbonyl (C=O) groups is 1. The molecule has 0 saturated carbocycles.